The Labute approximate surface area is 146 Å². The lowest BCUT2D eigenvalue weighted by atomic mass is 10.2. The fourth-order valence-electron chi connectivity index (χ4n) is 2.24. The minimum atomic E-state index is -0.0667. The van der Waals surface area contributed by atoms with Crippen molar-refractivity contribution in [2.24, 2.45) is 5.92 Å². The van der Waals surface area contributed by atoms with Gasteiger partial charge in [-0.2, -0.15) is 5.26 Å². The first-order chi connectivity index (χ1) is 11.2. The summed E-state index contributed by atoms with van der Waals surface area (Å²) in [5, 5.41) is 14.4. The van der Waals surface area contributed by atoms with Crippen molar-refractivity contribution in [3.05, 3.63) is 33.2 Å². The first-order valence-electron chi connectivity index (χ1n) is 7.24. The van der Waals surface area contributed by atoms with Crippen LogP contribution in [0.4, 0.5) is 0 Å². The second-order valence-corrected chi connectivity index (χ2v) is 7.88. The third-order valence-corrected chi connectivity index (χ3v) is 6.46. The average molecular weight is 362 g/mol. The van der Waals surface area contributed by atoms with E-state index >= 15 is 0 Å². The summed E-state index contributed by atoms with van der Waals surface area (Å²) in [6.45, 7) is 4.40. The molecule has 0 fully saturated rings. The minimum Gasteiger partial charge on any atom is -0.287 e. The van der Waals surface area contributed by atoms with E-state index in [0.29, 0.717) is 22.8 Å². The Kier molecular flexibility index (Phi) is 4.85. The molecule has 4 nitrogen and oxygen atoms in total. The summed E-state index contributed by atoms with van der Waals surface area (Å²) >= 11 is 4.61. The minimum absolute atomic E-state index is 0.00857. The van der Waals surface area contributed by atoms with Crippen molar-refractivity contribution >= 4 is 44.7 Å². The third-order valence-electron chi connectivity index (χ3n) is 3.44. The van der Waals surface area contributed by atoms with Gasteiger partial charge in [-0.15, -0.1) is 22.7 Å². The molecule has 0 saturated heterocycles. The largest absolute Gasteiger partial charge is 0.287 e. The number of hydrogen-bond acceptors (Lipinski definition) is 6. The lowest BCUT2D eigenvalue weighted by Gasteiger charge is -2.10. The number of nitrogens with zero attached hydrogens (tertiary/aromatic N) is 3. The molecule has 0 saturated carbocycles. The average Bonchev–Trinajstić information content (AvgIpc) is 3.21. The number of aromatic nitrogens is 2. The van der Waals surface area contributed by atoms with Crippen LogP contribution in [0.3, 0.4) is 0 Å². The molecule has 0 N–H and O–H groups in total. The van der Waals surface area contributed by atoms with Gasteiger partial charge in [-0.1, -0.05) is 17.8 Å². The van der Waals surface area contributed by atoms with Crippen molar-refractivity contribution in [2.75, 3.05) is 5.75 Å². The van der Waals surface area contributed by atoms with Crippen molar-refractivity contribution < 1.29 is 0 Å². The summed E-state index contributed by atoms with van der Waals surface area (Å²) in [6, 6.07) is 6.23. The maximum Gasteiger partial charge on any atom is 0.263 e. The molecule has 0 unspecified atom stereocenters. The van der Waals surface area contributed by atoms with E-state index in [9.17, 15) is 4.79 Å². The topological polar surface area (TPSA) is 58.7 Å². The van der Waals surface area contributed by atoms with E-state index in [0.717, 1.165) is 15.3 Å². The zero-order valence-corrected chi connectivity index (χ0v) is 15.2. The van der Waals surface area contributed by atoms with Gasteiger partial charge in [0.15, 0.2) is 5.16 Å². The first kappa shape index (κ1) is 16.2. The van der Waals surface area contributed by atoms with Crippen LogP contribution in [0, 0.1) is 17.2 Å². The second kappa shape index (κ2) is 6.87. The Bertz CT molecular complexity index is 919. The second-order valence-electron chi connectivity index (χ2n) is 5.09. The van der Waals surface area contributed by atoms with Crippen LogP contribution in [0.1, 0.15) is 13.8 Å². The first-order valence-corrected chi connectivity index (χ1v) is 9.98. The summed E-state index contributed by atoms with van der Waals surface area (Å²) in [5.41, 5.74) is 0.982. The van der Waals surface area contributed by atoms with E-state index < -0.39 is 0 Å². The van der Waals surface area contributed by atoms with Gasteiger partial charge in [0, 0.05) is 28.1 Å². The Balaban J connectivity index is 2.12. The maximum absolute atomic E-state index is 12.9. The molecule has 0 aliphatic rings. The van der Waals surface area contributed by atoms with E-state index in [-0.39, 0.29) is 11.5 Å². The van der Waals surface area contributed by atoms with Crippen LogP contribution in [0.15, 0.2) is 32.8 Å². The molecule has 118 valence electrons. The van der Waals surface area contributed by atoms with Crippen molar-refractivity contribution in [3.63, 3.8) is 0 Å². The predicted molar refractivity (Wildman–Crippen MR) is 98.4 cm³/mol. The molecule has 3 aromatic heterocycles. The zero-order chi connectivity index (χ0) is 16.4. The lowest BCUT2D eigenvalue weighted by Crippen LogP contribution is -2.22. The molecular weight excluding hydrogens is 346 g/mol. The van der Waals surface area contributed by atoms with E-state index in [1.165, 1.54) is 23.1 Å². The highest BCUT2D eigenvalue weighted by Gasteiger charge is 2.17. The molecule has 3 rings (SSSR count). The molecule has 23 heavy (non-hydrogen) atoms. The maximum atomic E-state index is 12.9. The summed E-state index contributed by atoms with van der Waals surface area (Å²) in [5.74, 6) is 0.570. The number of fused-ring (bicyclic) bond motifs is 1. The van der Waals surface area contributed by atoms with Crippen molar-refractivity contribution in [3.8, 4) is 16.5 Å². The highest BCUT2D eigenvalue weighted by Crippen LogP contribution is 2.34. The SMILES string of the molecule is CCn1c(SC[C@@H](C)C#N)nc2scc(-c3cccs3)c2c1=O. The van der Waals surface area contributed by atoms with Crippen molar-refractivity contribution in [1.29, 1.82) is 5.26 Å². The number of hydrogen-bond donors (Lipinski definition) is 0. The van der Waals surface area contributed by atoms with Gasteiger partial charge in [-0.25, -0.2) is 4.98 Å². The van der Waals surface area contributed by atoms with Crippen LogP contribution in [0.5, 0.6) is 0 Å². The van der Waals surface area contributed by atoms with Crippen LogP contribution in [0.2, 0.25) is 0 Å². The van der Waals surface area contributed by atoms with E-state index in [4.69, 9.17) is 5.26 Å². The summed E-state index contributed by atoms with van der Waals surface area (Å²) in [6.07, 6.45) is 0. The molecule has 0 aromatic carbocycles. The Morgan fingerprint density at radius 1 is 1.48 bits per heavy atom. The molecule has 0 aliphatic heterocycles. The fraction of sp³-hybridized carbons (Fsp3) is 0.312. The Morgan fingerprint density at radius 3 is 2.96 bits per heavy atom. The highest BCUT2D eigenvalue weighted by atomic mass is 32.2. The van der Waals surface area contributed by atoms with E-state index in [2.05, 4.69) is 11.1 Å². The third kappa shape index (κ3) is 3.07. The van der Waals surface area contributed by atoms with Crippen LogP contribution in [0.25, 0.3) is 20.7 Å². The molecule has 1 atom stereocenters. The van der Waals surface area contributed by atoms with Gasteiger partial charge < -0.3 is 0 Å². The van der Waals surface area contributed by atoms with E-state index in [1.807, 2.05) is 36.7 Å². The van der Waals surface area contributed by atoms with Crippen molar-refractivity contribution in [2.45, 2.75) is 25.5 Å². The highest BCUT2D eigenvalue weighted by molar-refractivity contribution is 7.99. The quantitative estimate of drug-likeness (QED) is 0.497. The van der Waals surface area contributed by atoms with Gasteiger partial charge >= 0.3 is 0 Å². The van der Waals surface area contributed by atoms with Gasteiger partial charge in [0.05, 0.1) is 17.4 Å². The molecule has 0 bridgehead atoms. The summed E-state index contributed by atoms with van der Waals surface area (Å²) in [7, 11) is 0. The van der Waals surface area contributed by atoms with Crippen LogP contribution in [-0.2, 0) is 6.54 Å². The monoisotopic (exact) mass is 361 g/mol. The number of nitriles is 1. The van der Waals surface area contributed by atoms with Gasteiger partial charge in [0.1, 0.15) is 4.83 Å². The zero-order valence-electron chi connectivity index (χ0n) is 12.8. The predicted octanol–water partition coefficient (Wildman–Crippen LogP) is 4.46. The molecule has 3 heterocycles. The standard InChI is InChI=1S/C16H15N3OS3/c1-3-19-15(20)13-11(12-5-4-6-21-12)9-22-14(13)18-16(19)23-8-10(2)7-17/h4-6,9-10H,3,8H2,1-2H3/t10-/m0/s1. The molecular formula is C16H15N3OS3. The molecule has 3 aromatic rings. The molecule has 0 radical (unpaired) electrons. The van der Waals surface area contributed by atoms with Crippen molar-refractivity contribution in [1.82, 2.24) is 9.55 Å². The smallest absolute Gasteiger partial charge is 0.263 e. The van der Waals surface area contributed by atoms with E-state index in [1.54, 1.807) is 15.9 Å². The Morgan fingerprint density at radius 2 is 2.30 bits per heavy atom. The van der Waals surface area contributed by atoms with Crippen LogP contribution < -0.4 is 5.56 Å². The van der Waals surface area contributed by atoms with Crippen LogP contribution in [-0.4, -0.2) is 15.3 Å². The molecule has 0 amide bonds. The lowest BCUT2D eigenvalue weighted by molar-refractivity contribution is 0.634. The van der Waals surface area contributed by atoms with Gasteiger partial charge in [-0.05, 0) is 25.3 Å². The molecule has 0 spiro atoms. The van der Waals surface area contributed by atoms with Gasteiger partial charge in [-0.3, -0.25) is 9.36 Å². The molecule has 0 aliphatic carbocycles. The van der Waals surface area contributed by atoms with Gasteiger partial charge in [0.25, 0.3) is 5.56 Å². The normalized spacial score (nSPS) is 12.4. The number of thioether (sulfide) groups is 1. The summed E-state index contributed by atoms with van der Waals surface area (Å²) in [4.78, 5) is 19.5. The van der Waals surface area contributed by atoms with Gasteiger partial charge in [0.2, 0.25) is 0 Å². The molecule has 7 heteroatoms. The van der Waals surface area contributed by atoms with Crippen LogP contribution >= 0.6 is 34.4 Å². The Hall–Kier alpha value is -1.62. The summed E-state index contributed by atoms with van der Waals surface area (Å²) < 4.78 is 1.71. The number of rotatable bonds is 5. The number of thiophene rings is 2. The fourth-order valence-corrected chi connectivity index (χ4v) is 5.05.